The average molecular weight is 212 g/mol. The first kappa shape index (κ1) is 10.2. The molecule has 0 fully saturated rings. The first-order valence-electron chi connectivity index (χ1n) is 5.13. The van der Waals surface area contributed by atoms with Crippen molar-refractivity contribution in [2.24, 2.45) is 0 Å². The van der Waals surface area contributed by atoms with Gasteiger partial charge in [-0.1, -0.05) is 0 Å². The van der Waals surface area contributed by atoms with Crippen LogP contribution < -0.4 is 10.2 Å². The molecule has 2 rings (SSSR count). The van der Waals surface area contributed by atoms with Crippen LogP contribution in [0.15, 0.2) is 12.1 Å². The van der Waals surface area contributed by atoms with Crippen molar-refractivity contribution in [1.29, 1.82) is 0 Å². The van der Waals surface area contributed by atoms with E-state index in [2.05, 4.69) is 17.1 Å². The van der Waals surface area contributed by atoms with E-state index in [9.17, 15) is 8.78 Å². The average Bonchev–Trinajstić information content (AvgIpc) is 2.21. The maximum Gasteiger partial charge on any atom is 0.161 e. The van der Waals surface area contributed by atoms with E-state index in [1.807, 2.05) is 6.92 Å². The fraction of sp³-hybridized carbons (Fsp3) is 0.455. The quantitative estimate of drug-likeness (QED) is 0.769. The van der Waals surface area contributed by atoms with E-state index in [1.165, 1.54) is 12.1 Å². The summed E-state index contributed by atoms with van der Waals surface area (Å²) in [6.45, 7) is 5.61. The Morgan fingerprint density at radius 1 is 1.40 bits per heavy atom. The molecule has 1 atom stereocenters. The van der Waals surface area contributed by atoms with Crippen LogP contribution in [0.3, 0.4) is 0 Å². The molecule has 1 aliphatic rings. The number of halogens is 2. The Balaban J connectivity index is 2.48. The number of anilines is 2. The van der Waals surface area contributed by atoms with Crippen molar-refractivity contribution in [3.63, 3.8) is 0 Å². The predicted molar refractivity (Wildman–Crippen MR) is 57.3 cm³/mol. The van der Waals surface area contributed by atoms with Crippen molar-refractivity contribution < 1.29 is 8.78 Å². The van der Waals surface area contributed by atoms with E-state index in [0.717, 1.165) is 18.8 Å². The lowest BCUT2D eigenvalue weighted by molar-refractivity contribution is 0.507. The summed E-state index contributed by atoms with van der Waals surface area (Å²) in [7, 11) is 0. The molecule has 1 unspecified atom stereocenters. The molecule has 0 spiro atoms. The molecule has 0 bridgehead atoms. The zero-order chi connectivity index (χ0) is 11.0. The van der Waals surface area contributed by atoms with E-state index in [4.69, 9.17) is 0 Å². The van der Waals surface area contributed by atoms with Gasteiger partial charge in [0.1, 0.15) is 0 Å². The lowest BCUT2D eigenvalue weighted by Crippen LogP contribution is -2.42. The van der Waals surface area contributed by atoms with Gasteiger partial charge in [0.05, 0.1) is 11.4 Å². The first-order valence-corrected chi connectivity index (χ1v) is 5.13. The summed E-state index contributed by atoms with van der Waals surface area (Å²) in [5.74, 6) is -1.59. The molecule has 1 aromatic carbocycles. The Labute approximate surface area is 87.9 Å². The number of hydrogen-bond donors (Lipinski definition) is 1. The molecule has 0 aromatic heterocycles. The SMILES string of the molecule is CCN1c2cc(F)c(F)cc2NCC1C. The van der Waals surface area contributed by atoms with E-state index in [0.29, 0.717) is 11.7 Å². The van der Waals surface area contributed by atoms with Crippen molar-refractivity contribution in [2.45, 2.75) is 19.9 Å². The van der Waals surface area contributed by atoms with Crippen LogP contribution in [0.1, 0.15) is 13.8 Å². The second-order valence-electron chi connectivity index (χ2n) is 3.80. The Morgan fingerprint density at radius 3 is 2.73 bits per heavy atom. The van der Waals surface area contributed by atoms with Crippen molar-refractivity contribution in [3.8, 4) is 0 Å². The van der Waals surface area contributed by atoms with Gasteiger partial charge < -0.3 is 10.2 Å². The highest BCUT2D eigenvalue weighted by Crippen LogP contribution is 2.32. The van der Waals surface area contributed by atoms with Gasteiger partial charge >= 0.3 is 0 Å². The van der Waals surface area contributed by atoms with Crippen LogP contribution in [0.5, 0.6) is 0 Å². The van der Waals surface area contributed by atoms with Gasteiger partial charge in [0.2, 0.25) is 0 Å². The molecule has 0 saturated carbocycles. The van der Waals surface area contributed by atoms with Crippen molar-refractivity contribution in [2.75, 3.05) is 23.3 Å². The van der Waals surface area contributed by atoms with Crippen molar-refractivity contribution >= 4 is 11.4 Å². The summed E-state index contributed by atoms with van der Waals surface area (Å²) >= 11 is 0. The van der Waals surface area contributed by atoms with Gasteiger partial charge in [-0.2, -0.15) is 0 Å². The van der Waals surface area contributed by atoms with Crippen LogP contribution in [0.4, 0.5) is 20.2 Å². The molecule has 0 amide bonds. The van der Waals surface area contributed by atoms with Crippen molar-refractivity contribution in [1.82, 2.24) is 0 Å². The topological polar surface area (TPSA) is 15.3 Å². The normalized spacial score (nSPS) is 19.7. The summed E-state index contributed by atoms with van der Waals surface area (Å²) in [4.78, 5) is 2.06. The summed E-state index contributed by atoms with van der Waals surface area (Å²) in [5, 5.41) is 3.10. The number of benzene rings is 1. The van der Waals surface area contributed by atoms with Gasteiger partial charge in [-0.05, 0) is 13.8 Å². The monoisotopic (exact) mass is 212 g/mol. The smallest absolute Gasteiger partial charge is 0.161 e. The standard InChI is InChI=1S/C11H14F2N2/c1-3-15-7(2)6-14-10-4-8(12)9(13)5-11(10)15/h4-5,7,14H,3,6H2,1-2H3. The second kappa shape index (κ2) is 3.68. The van der Waals surface area contributed by atoms with Crippen LogP contribution in [0, 0.1) is 11.6 Å². The van der Waals surface area contributed by atoms with Gasteiger partial charge in [-0.3, -0.25) is 0 Å². The number of fused-ring (bicyclic) bond motifs is 1. The van der Waals surface area contributed by atoms with Gasteiger partial charge in [-0.15, -0.1) is 0 Å². The lowest BCUT2D eigenvalue weighted by atomic mass is 10.1. The minimum absolute atomic E-state index is 0.298. The Bertz CT molecular complexity index is 379. The Morgan fingerprint density at radius 2 is 2.07 bits per heavy atom. The van der Waals surface area contributed by atoms with E-state index < -0.39 is 11.6 Å². The fourth-order valence-electron chi connectivity index (χ4n) is 2.00. The summed E-state index contributed by atoms with van der Waals surface area (Å²) in [6.07, 6.45) is 0. The predicted octanol–water partition coefficient (Wildman–Crippen LogP) is 2.61. The molecule has 15 heavy (non-hydrogen) atoms. The molecule has 2 nitrogen and oxygen atoms in total. The molecule has 1 heterocycles. The molecule has 82 valence electrons. The number of likely N-dealkylation sites (N-methyl/N-ethyl adjacent to an activating group) is 1. The highest BCUT2D eigenvalue weighted by atomic mass is 19.2. The fourth-order valence-corrected chi connectivity index (χ4v) is 2.00. The minimum atomic E-state index is -0.799. The third-order valence-corrected chi connectivity index (χ3v) is 2.81. The molecule has 4 heteroatoms. The van der Waals surface area contributed by atoms with Gasteiger partial charge in [0.25, 0.3) is 0 Å². The van der Waals surface area contributed by atoms with Crippen LogP contribution in [-0.2, 0) is 0 Å². The molecular weight excluding hydrogens is 198 g/mol. The molecule has 0 radical (unpaired) electrons. The number of nitrogens with zero attached hydrogens (tertiary/aromatic N) is 1. The summed E-state index contributed by atoms with van der Waals surface area (Å²) < 4.78 is 26.1. The summed E-state index contributed by atoms with van der Waals surface area (Å²) in [6, 6.07) is 2.78. The minimum Gasteiger partial charge on any atom is -0.381 e. The Kier molecular flexibility index (Phi) is 2.50. The molecule has 1 aliphatic heterocycles. The molecular formula is C11H14F2N2. The summed E-state index contributed by atoms with van der Waals surface area (Å²) in [5.41, 5.74) is 1.42. The first-order chi connectivity index (χ1) is 7.13. The van der Waals surface area contributed by atoms with E-state index >= 15 is 0 Å². The molecule has 0 aliphatic carbocycles. The largest absolute Gasteiger partial charge is 0.381 e. The number of rotatable bonds is 1. The van der Waals surface area contributed by atoms with Crippen LogP contribution in [0.25, 0.3) is 0 Å². The van der Waals surface area contributed by atoms with Gasteiger partial charge in [0.15, 0.2) is 11.6 Å². The maximum absolute atomic E-state index is 13.1. The zero-order valence-corrected chi connectivity index (χ0v) is 8.85. The van der Waals surface area contributed by atoms with Gasteiger partial charge in [-0.25, -0.2) is 8.78 Å². The number of hydrogen-bond acceptors (Lipinski definition) is 2. The third kappa shape index (κ3) is 1.64. The zero-order valence-electron chi connectivity index (χ0n) is 8.85. The Hall–Kier alpha value is -1.32. The van der Waals surface area contributed by atoms with Crippen molar-refractivity contribution in [3.05, 3.63) is 23.8 Å². The van der Waals surface area contributed by atoms with Gasteiger partial charge in [0, 0.05) is 31.3 Å². The second-order valence-corrected chi connectivity index (χ2v) is 3.80. The molecule has 1 aromatic rings. The number of nitrogens with one attached hydrogen (secondary N) is 1. The maximum atomic E-state index is 13.1. The third-order valence-electron chi connectivity index (χ3n) is 2.81. The van der Waals surface area contributed by atoms with E-state index in [1.54, 1.807) is 0 Å². The lowest BCUT2D eigenvalue weighted by Gasteiger charge is -2.37. The molecule has 1 N–H and O–H groups in total. The highest BCUT2D eigenvalue weighted by molar-refractivity contribution is 5.72. The van der Waals surface area contributed by atoms with Crippen LogP contribution in [0.2, 0.25) is 0 Å². The highest BCUT2D eigenvalue weighted by Gasteiger charge is 2.23. The molecule has 0 saturated heterocycles. The van der Waals surface area contributed by atoms with Crippen LogP contribution in [-0.4, -0.2) is 19.1 Å². The van der Waals surface area contributed by atoms with E-state index in [-0.39, 0.29) is 0 Å². The van der Waals surface area contributed by atoms with Crippen LogP contribution >= 0.6 is 0 Å².